The lowest BCUT2D eigenvalue weighted by molar-refractivity contribution is 0.515. The Kier molecular flexibility index (Phi) is 4.93. The molecule has 0 amide bonds. The van der Waals surface area contributed by atoms with Crippen LogP contribution >= 0.6 is 11.6 Å². The molecule has 1 N–H and O–H groups in total. The monoisotopic (exact) mass is 278 g/mol. The molecule has 2 rings (SSSR count). The van der Waals surface area contributed by atoms with Crippen LogP contribution in [-0.2, 0) is 13.5 Å². The summed E-state index contributed by atoms with van der Waals surface area (Å²) in [5.41, 5.74) is 1.23. The first-order valence-electron chi connectivity index (χ1n) is 6.52. The van der Waals surface area contributed by atoms with Gasteiger partial charge in [-0.05, 0) is 24.1 Å². The highest BCUT2D eigenvalue weighted by Gasteiger charge is 2.09. The Morgan fingerprint density at radius 2 is 2.26 bits per heavy atom. The van der Waals surface area contributed by atoms with Gasteiger partial charge < -0.3 is 9.88 Å². The third-order valence-electron chi connectivity index (χ3n) is 3.20. The minimum atomic E-state index is 0.326. The lowest BCUT2D eigenvalue weighted by Crippen LogP contribution is -2.24. The Hall–Kier alpha value is -1.39. The number of benzene rings is 1. The fourth-order valence-corrected chi connectivity index (χ4v) is 2.31. The summed E-state index contributed by atoms with van der Waals surface area (Å²) in [6, 6.07) is 8.34. The van der Waals surface area contributed by atoms with Gasteiger partial charge in [0, 0.05) is 31.1 Å². The van der Waals surface area contributed by atoms with E-state index in [1.165, 1.54) is 5.56 Å². The molecule has 0 bridgehead atoms. The van der Waals surface area contributed by atoms with Crippen molar-refractivity contribution in [3.05, 3.63) is 47.0 Å². The van der Waals surface area contributed by atoms with E-state index in [9.17, 15) is 0 Å². The largest absolute Gasteiger partial charge is 0.321 e. The topological polar surface area (TPSA) is 42.7 Å². The van der Waals surface area contributed by atoms with Crippen molar-refractivity contribution in [3.63, 3.8) is 0 Å². The van der Waals surface area contributed by atoms with Gasteiger partial charge in [-0.25, -0.2) is 0 Å². The number of aryl methyl sites for hydroxylation is 1. The number of nitrogens with one attached hydrogen (secondary N) is 1. The molecule has 0 radical (unpaired) electrons. The van der Waals surface area contributed by atoms with Crippen LogP contribution in [0.1, 0.15) is 30.8 Å². The summed E-state index contributed by atoms with van der Waals surface area (Å²) in [7, 11) is 1.96. The Bertz CT molecular complexity index is 524. The molecule has 1 aromatic carbocycles. The van der Waals surface area contributed by atoms with Gasteiger partial charge in [0.2, 0.25) is 0 Å². The van der Waals surface area contributed by atoms with E-state index >= 15 is 0 Å². The average molecular weight is 279 g/mol. The van der Waals surface area contributed by atoms with Crippen LogP contribution in [0.2, 0.25) is 5.02 Å². The molecule has 102 valence electrons. The minimum absolute atomic E-state index is 0.326. The molecule has 1 aromatic heterocycles. The summed E-state index contributed by atoms with van der Waals surface area (Å²) < 4.78 is 1.95. The quantitative estimate of drug-likeness (QED) is 0.883. The fourth-order valence-electron chi connectivity index (χ4n) is 2.11. The third-order valence-corrected chi connectivity index (χ3v) is 3.44. The van der Waals surface area contributed by atoms with Crippen LogP contribution in [0, 0.1) is 0 Å². The highest BCUT2D eigenvalue weighted by molar-refractivity contribution is 6.30. The number of halogens is 1. The van der Waals surface area contributed by atoms with Crippen LogP contribution in [0.25, 0.3) is 0 Å². The van der Waals surface area contributed by atoms with E-state index in [0.29, 0.717) is 6.04 Å². The molecule has 1 unspecified atom stereocenters. The number of hydrogen-bond acceptors (Lipinski definition) is 3. The van der Waals surface area contributed by atoms with Crippen molar-refractivity contribution in [2.24, 2.45) is 7.05 Å². The average Bonchev–Trinajstić information content (AvgIpc) is 2.80. The zero-order valence-electron chi connectivity index (χ0n) is 11.3. The first kappa shape index (κ1) is 14.0. The maximum Gasteiger partial charge on any atom is 0.133 e. The molecule has 0 aliphatic rings. The summed E-state index contributed by atoms with van der Waals surface area (Å²) in [5.74, 6) is 0.994. The lowest BCUT2D eigenvalue weighted by Gasteiger charge is -2.17. The number of rotatable bonds is 6. The molecule has 0 saturated carbocycles. The van der Waals surface area contributed by atoms with Crippen LogP contribution in [0.4, 0.5) is 0 Å². The van der Waals surface area contributed by atoms with Crippen LogP contribution in [0.5, 0.6) is 0 Å². The molecule has 19 heavy (non-hydrogen) atoms. The number of hydrogen-bond donors (Lipinski definition) is 1. The zero-order valence-corrected chi connectivity index (χ0v) is 12.1. The van der Waals surface area contributed by atoms with Gasteiger partial charge in [-0.15, -0.1) is 10.2 Å². The van der Waals surface area contributed by atoms with E-state index in [1.54, 1.807) is 6.33 Å². The van der Waals surface area contributed by atoms with Crippen molar-refractivity contribution in [1.29, 1.82) is 0 Å². The van der Waals surface area contributed by atoms with E-state index in [-0.39, 0.29) is 0 Å². The van der Waals surface area contributed by atoms with Gasteiger partial charge >= 0.3 is 0 Å². The van der Waals surface area contributed by atoms with E-state index in [0.717, 1.165) is 30.2 Å². The van der Waals surface area contributed by atoms with Crippen molar-refractivity contribution in [1.82, 2.24) is 20.1 Å². The molecule has 0 aliphatic heterocycles. The van der Waals surface area contributed by atoms with Gasteiger partial charge in [-0.3, -0.25) is 0 Å². The van der Waals surface area contributed by atoms with Gasteiger partial charge in [-0.2, -0.15) is 0 Å². The predicted octanol–water partition coefficient (Wildman–Crippen LogP) is 2.75. The molecular formula is C14H19ClN4. The van der Waals surface area contributed by atoms with Gasteiger partial charge in [-0.1, -0.05) is 30.7 Å². The highest BCUT2D eigenvalue weighted by atomic mass is 35.5. The minimum Gasteiger partial charge on any atom is -0.321 e. The van der Waals surface area contributed by atoms with Crippen molar-refractivity contribution in [2.75, 3.05) is 6.54 Å². The van der Waals surface area contributed by atoms with Gasteiger partial charge in [0.15, 0.2) is 0 Å². The summed E-state index contributed by atoms with van der Waals surface area (Å²) in [4.78, 5) is 0. The fraction of sp³-hybridized carbons (Fsp3) is 0.429. The molecule has 0 saturated heterocycles. The zero-order chi connectivity index (χ0) is 13.7. The molecular weight excluding hydrogens is 260 g/mol. The molecule has 0 fully saturated rings. The molecule has 1 atom stereocenters. The van der Waals surface area contributed by atoms with E-state index in [2.05, 4.69) is 28.5 Å². The summed E-state index contributed by atoms with van der Waals surface area (Å²) in [6.45, 7) is 3.04. The Balaban J connectivity index is 1.91. The van der Waals surface area contributed by atoms with Gasteiger partial charge in [0.25, 0.3) is 0 Å². The maximum atomic E-state index is 6.03. The van der Waals surface area contributed by atoms with E-state index in [4.69, 9.17) is 11.6 Å². The Labute approximate surface area is 118 Å². The molecule has 0 aliphatic carbocycles. The first-order valence-corrected chi connectivity index (χ1v) is 6.90. The SMILES string of the molecule is CCC(NCCc1nncn1C)c1cccc(Cl)c1. The highest BCUT2D eigenvalue weighted by Crippen LogP contribution is 2.20. The molecule has 0 spiro atoms. The van der Waals surface area contributed by atoms with Gasteiger partial charge in [0.1, 0.15) is 12.2 Å². The molecule has 5 heteroatoms. The van der Waals surface area contributed by atoms with Crippen molar-refractivity contribution in [2.45, 2.75) is 25.8 Å². The van der Waals surface area contributed by atoms with Crippen LogP contribution < -0.4 is 5.32 Å². The molecule has 4 nitrogen and oxygen atoms in total. The molecule has 1 heterocycles. The van der Waals surface area contributed by atoms with E-state index < -0.39 is 0 Å². The maximum absolute atomic E-state index is 6.03. The van der Waals surface area contributed by atoms with E-state index in [1.807, 2.05) is 29.8 Å². The second-order valence-electron chi connectivity index (χ2n) is 4.58. The van der Waals surface area contributed by atoms with Crippen molar-refractivity contribution < 1.29 is 0 Å². The first-order chi connectivity index (χ1) is 9.20. The summed E-state index contributed by atoms with van der Waals surface area (Å²) >= 11 is 6.03. The number of nitrogens with zero attached hydrogens (tertiary/aromatic N) is 3. The summed E-state index contributed by atoms with van der Waals surface area (Å²) in [5, 5.41) is 12.3. The normalized spacial score (nSPS) is 12.6. The van der Waals surface area contributed by atoms with Crippen LogP contribution in [0.15, 0.2) is 30.6 Å². The Morgan fingerprint density at radius 1 is 1.42 bits per heavy atom. The predicted molar refractivity (Wildman–Crippen MR) is 77.2 cm³/mol. The third kappa shape index (κ3) is 3.78. The summed E-state index contributed by atoms with van der Waals surface area (Å²) in [6.07, 6.45) is 3.62. The second-order valence-corrected chi connectivity index (χ2v) is 5.01. The smallest absolute Gasteiger partial charge is 0.133 e. The number of aromatic nitrogens is 3. The van der Waals surface area contributed by atoms with Gasteiger partial charge in [0.05, 0.1) is 0 Å². The Morgan fingerprint density at radius 3 is 2.89 bits per heavy atom. The van der Waals surface area contributed by atoms with Crippen molar-refractivity contribution in [3.8, 4) is 0 Å². The van der Waals surface area contributed by atoms with Crippen LogP contribution in [0.3, 0.4) is 0 Å². The lowest BCUT2D eigenvalue weighted by atomic mass is 10.0. The van der Waals surface area contributed by atoms with Crippen LogP contribution in [-0.4, -0.2) is 21.3 Å². The second kappa shape index (κ2) is 6.68. The molecule has 2 aromatic rings. The van der Waals surface area contributed by atoms with Crippen molar-refractivity contribution >= 4 is 11.6 Å². The standard InChI is InChI=1S/C14H19ClN4/c1-3-13(11-5-4-6-12(15)9-11)16-8-7-14-18-17-10-19(14)2/h4-6,9-10,13,16H,3,7-8H2,1-2H3.